The molecule has 1 atom stereocenters. The number of benzene rings is 1. The number of amides is 1. The highest BCUT2D eigenvalue weighted by Crippen LogP contribution is 2.17. The summed E-state index contributed by atoms with van der Waals surface area (Å²) in [6, 6.07) is 9.12. The molecule has 0 saturated carbocycles. The molecule has 1 amide bonds. The molecule has 6 heteroatoms. The number of nitrogens with zero attached hydrogens (tertiary/aromatic N) is 1. The van der Waals surface area contributed by atoms with Gasteiger partial charge in [-0.3, -0.25) is 4.79 Å². The van der Waals surface area contributed by atoms with E-state index in [1.165, 1.54) is 0 Å². The smallest absolute Gasteiger partial charge is 0.340 e. The Morgan fingerprint density at radius 3 is 2.60 bits per heavy atom. The van der Waals surface area contributed by atoms with E-state index in [9.17, 15) is 14.9 Å². The zero-order valence-electron chi connectivity index (χ0n) is 15.4. The standard InChI is InChI=1S/C19H27N3O3/c1-5-6-11-21-16-10-8-7-9-15(16)18(24)25-12-17(23)22-19(4,13-20)14(2)3/h7-10,14,21H,5-6,11-12H2,1-4H3,(H,22,23)/t19-/m1/s1. The Morgan fingerprint density at radius 1 is 1.32 bits per heavy atom. The lowest BCUT2D eigenvalue weighted by atomic mass is 9.90. The number of esters is 1. The van der Waals surface area contributed by atoms with Crippen LogP contribution in [0.15, 0.2) is 24.3 Å². The highest BCUT2D eigenvalue weighted by molar-refractivity contribution is 5.96. The molecule has 0 fully saturated rings. The van der Waals surface area contributed by atoms with E-state index in [0.29, 0.717) is 11.3 Å². The minimum absolute atomic E-state index is 0.0688. The van der Waals surface area contributed by atoms with E-state index < -0.39 is 24.0 Å². The van der Waals surface area contributed by atoms with Crippen molar-refractivity contribution in [3.8, 4) is 6.07 Å². The van der Waals surface area contributed by atoms with E-state index in [1.54, 1.807) is 25.1 Å². The van der Waals surface area contributed by atoms with Gasteiger partial charge in [0.2, 0.25) is 0 Å². The number of hydrogen-bond donors (Lipinski definition) is 2. The Balaban J connectivity index is 2.65. The molecule has 1 rings (SSSR count). The lowest BCUT2D eigenvalue weighted by Crippen LogP contribution is -2.50. The van der Waals surface area contributed by atoms with Crippen LogP contribution in [-0.4, -0.2) is 30.6 Å². The Kier molecular flexibility index (Phi) is 7.93. The number of unbranched alkanes of at least 4 members (excludes halogenated alkanes) is 1. The summed E-state index contributed by atoms with van der Waals surface area (Å²) in [4.78, 5) is 24.3. The number of nitrogens with one attached hydrogen (secondary N) is 2. The first-order valence-corrected chi connectivity index (χ1v) is 8.56. The Bertz CT molecular complexity index is 637. The zero-order valence-corrected chi connectivity index (χ0v) is 15.4. The van der Waals surface area contributed by atoms with Crippen LogP contribution in [0.1, 0.15) is 50.9 Å². The summed E-state index contributed by atoms with van der Waals surface area (Å²) in [5, 5.41) is 15.0. The maximum absolute atomic E-state index is 12.3. The third kappa shape index (κ3) is 6.11. The van der Waals surface area contributed by atoms with Crippen LogP contribution in [0, 0.1) is 17.2 Å². The van der Waals surface area contributed by atoms with Crippen LogP contribution in [0.4, 0.5) is 5.69 Å². The van der Waals surface area contributed by atoms with Crippen LogP contribution in [-0.2, 0) is 9.53 Å². The van der Waals surface area contributed by atoms with E-state index in [4.69, 9.17) is 4.74 Å². The molecule has 136 valence electrons. The maximum Gasteiger partial charge on any atom is 0.340 e. The second-order valence-electron chi connectivity index (χ2n) is 6.42. The van der Waals surface area contributed by atoms with Crippen LogP contribution < -0.4 is 10.6 Å². The third-order valence-corrected chi connectivity index (χ3v) is 4.11. The lowest BCUT2D eigenvalue weighted by molar-refractivity contribution is -0.125. The van der Waals surface area contributed by atoms with E-state index in [1.807, 2.05) is 19.9 Å². The molecule has 0 heterocycles. The van der Waals surface area contributed by atoms with Crippen molar-refractivity contribution in [1.82, 2.24) is 5.32 Å². The molecule has 1 aromatic rings. The van der Waals surface area contributed by atoms with Gasteiger partial charge in [-0.25, -0.2) is 4.79 Å². The average Bonchev–Trinajstić information content (AvgIpc) is 2.60. The minimum atomic E-state index is -0.997. The molecule has 0 aliphatic heterocycles. The average molecular weight is 345 g/mol. The summed E-state index contributed by atoms with van der Waals surface area (Å²) in [6.45, 7) is 7.75. The van der Waals surface area contributed by atoms with Gasteiger partial charge in [0, 0.05) is 12.2 Å². The lowest BCUT2D eigenvalue weighted by Gasteiger charge is -2.27. The molecule has 0 aliphatic rings. The van der Waals surface area contributed by atoms with Gasteiger partial charge in [-0.2, -0.15) is 5.26 Å². The molecule has 0 bridgehead atoms. The summed E-state index contributed by atoms with van der Waals surface area (Å²) < 4.78 is 5.11. The van der Waals surface area contributed by atoms with Gasteiger partial charge < -0.3 is 15.4 Å². The van der Waals surface area contributed by atoms with Crippen molar-refractivity contribution in [3.63, 3.8) is 0 Å². The predicted octanol–water partition coefficient (Wildman–Crippen LogP) is 3.11. The predicted molar refractivity (Wildman–Crippen MR) is 97.1 cm³/mol. The molecule has 25 heavy (non-hydrogen) atoms. The molecule has 0 aliphatic carbocycles. The fourth-order valence-corrected chi connectivity index (χ4v) is 2.05. The molecular weight excluding hydrogens is 318 g/mol. The van der Waals surface area contributed by atoms with Gasteiger partial charge >= 0.3 is 5.97 Å². The SMILES string of the molecule is CCCCNc1ccccc1C(=O)OCC(=O)N[C@](C)(C#N)C(C)C. The van der Waals surface area contributed by atoms with Crippen molar-refractivity contribution in [1.29, 1.82) is 5.26 Å². The Morgan fingerprint density at radius 2 is 2.00 bits per heavy atom. The first kappa shape index (κ1) is 20.5. The molecule has 0 spiro atoms. The van der Waals surface area contributed by atoms with E-state index in [0.717, 1.165) is 19.4 Å². The van der Waals surface area contributed by atoms with Gasteiger partial charge in [-0.05, 0) is 31.4 Å². The summed E-state index contributed by atoms with van der Waals surface area (Å²) >= 11 is 0. The van der Waals surface area contributed by atoms with Gasteiger partial charge in [0.1, 0.15) is 5.54 Å². The van der Waals surface area contributed by atoms with E-state index in [-0.39, 0.29) is 5.92 Å². The summed E-state index contributed by atoms with van der Waals surface area (Å²) in [6.07, 6.45) is 2.04. The number of para-hydroxylation sites is 1. The second kappa shape index (κ2) is 9.67. The number of hydrogen-bond acceptors (Lipinski definition) is 5. The molecule has 0 radical (unpaired) electrons. The zero-order chi connectivity index (χ0) is 18.9. The number of carbonyl (C=O) groups excluding carboxylic acids is 2. The largest absolute Gasteiger partial charge is 0.452 e. The molecule has 0 saturated heterocycles. The van der Waals surface area contributed by atoms with Crippen molar-refractivity contribution >= 4 is 17.6 Å². The van der Waals surface area contributed by atoms with Crippen molar-refractivity contribution in [2.45, 2.75) is 46.1 Å². The van der Waals surface area contributed by atoms with Crippen molar-refractivity contribution in [2.75, 3.05) is 18.5 Å². The number of ether oxygens (including phenoxy) is 1. The molecule has 6 nitrogen and oxygen atoms in total. The number of rotatable bonds is 9. The monoisotopic (exact) mass is 345 g/mol. The van der Waals surface area contributed by atoms with Gasteiger partial charge in [0.25, 0.3) is 5.91 Å². The van der Waals surface area contributed by atoms with Crippen LogP contribution in [0.2, 0.25) is 0 Å². The van der Waals surface area contributed by atoms with Crippen LogP contribution in [0.5, 0.6) is 0 Å². The highest BCUT2D eigenvalue weighted by Gasteiger charge is 2.30. The van der Waals surface area contributed by atoms with Crippen LogP contribution in [0.3, 0.4) is 0 Å². The first-order valence-electron chi connectivity index (χ1n) is 8.56. The van der Waals surface area contributed by atoms with Crippen molar-refractivity contribution < 1.29 is 14.3 Å². The van der Waals surface area contributed by atoms with Crippen molar-refractivity contribution in [3.05, 3.63) is 29.8 Å². The molecule has 2 N–H and O–H groups in total. The maximum atomic E-state index is 12.3. The van der Waals surface area contributed by atoms with Crippen LogP contribution >= 0.6 is 0 Å². The molecule has 1 aromatic carbocycles. The van der Waals surface area contributed by atoms with Gasteiger partial charge in [-0.1, -0.05) is 39.3 Å². The quantitative estimate of drug-likeness (QED) is 0.530. The number of anilines is 1. The van der Waals surface area contributed by atoms with Gasteiger partial charge in [-0.15, -0.1) is 0 Å². The number of nitriles is 1. The van der Waals surface area contributed by atoms with Crippen LogP contribution in [0.25, 0.3) is 0 Å². The molecule has 0 aromatic heterocycles. The highest BCUT2D eigenvalue weighted by atomic mass is 16.5. The minimum Gasteiger partial charge on any atom is -0.452 e. The normalized spacial score (nSPS) is 12.8. The van der Waals surface area contributed by atoms with Gasteiger partial charge in [0.05, 0.1) is 11.6 Å². The molecule has 0 unspecified atom stereocenters. The van der Waals surface area contributed by atoms with Gasteiger partial charge in [0.15, 0.2) is 6.61 Å². The fourth-order valence-electron chi connectivity index (χ4n) is 2.05. The Hall–Kier alpha value is -2.55. The Labute approximate surface area is 149 Å². The number of carbonyl (C=O) groups is 2. The topological polar surface area (TPSA) is 91.2 Å². The third-order valence-electron chi connectivity index (χ3n) is 4.11. The van der Waals surface area contributed by atoms with Crippen molar-refractivity contribution in [2.24, 2.45) is 5.92 Å². The summed E-state index contributed by atoms with van der Waals surface area (Å²) in [5.41, 5.74) is 0.0760. The van der Waals surface area contributed by atoms with E-state index in [2.05, 4.69) is 23.6 Å². The second-order valence-corrected chi connectivity index (χ2v) is 6.42. The molecular formula is C19H27N3O3. The summed E-state index contributed by atoms with van der Waals surface area (Å²) in [5.74, 6) is -1.14. The summed E-state index contributed by atoms with van der Waals surface area (Å²) in [7, 11) is 0. The van der Waals surface area contributed by atoms with E-state index >= 15 is 0 Å². The fraction of sp³-hybridized carbons (Fsp3) is 0.526. The first-order chi connectivity index (χ1) is 11.8.